The van der Waals surface area contributed by atoms with Crippen molar-refractivity contribution >= 4 is 5.91 Å². The molecule has 0 aromatic heterocycles. The van der Waals surface area contributed by atoms with Crippen molar-refractivity contribution in [1.82, 2.24) is 4.90 Å². The molecule has 0 aromatic rings. The minimum atomic E-state index is -0.132. The second-order valence-electron chi connectivity index (χ2n) is 2.42. The van der Waals surface area contributed by atoms with E-state index >= 15 is 0 Å². The highest BCUT2D eigenvalue weighted by Gasteiger charge is 2.12. The van der Waals surface area contributed by atoms with Crippen molar-refractivity contribution in [3.63, 3.8) is 0 Å². The molecule has 0 saturated heterocycles. The number of hydrogen-bond donors (Lipinski definition) is 1. The first-order chi connectivity index (χ1) is 5.13. The van der Waals surface area contributed by atoms with Crippen LogP contribution >= 0.6 is 0 Å². The van der Waals surface area contributed by atoms with Crippen molar-refractivity contribution < 1.29 is 4.79 Å². The van der Waals surface area contributed by atoms with Crippen LogP contribution in [0, 0.1) is 11.3 Å². The molecular formula is C7H13N3O. The first kappa shape index (κ1) is 9.92. The maximum Gasteiger partial charge on any atom is 0.236 e. The van der Waals surface area contributed by atoms with Crippen molar-refractivity contribution in [1.29, 1.82) is 5.26 Å². The van der Waals surface area contributed by atoms with E-state index in [1.165, 1.54) is 4.90 Å². The van der Waals surface area contributed by atoms with Crippen LogP contribution in [0.5, 0.6) is 0 Å². The van der Waals surface area contributed by atoms with Gasteiger partial charge >= 0.3 is 0 Å². The summed E-state index contributed by atoms with van der Waals surface area (Å²) in [4.78, 5) is 12.4. The van der Waals surface area contributed by atoms with E-state index in [0.29, 0.717) is 6.42 Å². The van der Waals surface area contributed by atoms with Crippen LogP contribution in [0.4, 0.5) is 0 Å². The number of amides is 1. The zero-order valence-corrected chi connectivity index (χ0v) is 6.87. The highest BCUT2D eigenvalue weighted by atomic mass is 16.2. The van der Waals surface area contributed by atoms with Crippen molar-refractivity contribution in [2.75, 3.05) is 13.6 Å². The van der Waals surface area contributed by atoms with Crippen LogP contribution in [-0.2, 0) is 4.79 Å². The predicted molar refractivity (Wildman–Crippen MR) is 41.5 cm³/mol. The molecule has 62 valence electrons. The van der Waals surface area contributed by atoms with Gasteiger partial charge in [-0.3, -0.25) is 4.79 Å². The third kappa shape index (κ3) is 3.01. The van der Waals surface area contributed by atoms with E-state index < -0.39 is 0 Å². The van der Waals surface area contributed by atoms with Crippen molar-refractivity contribution in [3.8, 4) is 6.07 Å². The van der Waals surface area contributed by atoms with Gasteiger partial charge < -0.3 is 10.6 Å². The van der Waals surface area contributed by atoms with Crippen LogP contribution < -0.4 is 5.73 Å². The summed E-state index contributed by atoms with van der Waals surface area (Å²) in [7, 11) is 1.65. The first-order valence-corrected chi connectivity index (χ1v) is 3.46. The summed E-state index contributed by atoms with van der Waals surface area (Å²) in [5.41, 5.74) is 5.13. The Morgan fingerprint density at radius 2 is 2.36 bits per heavy atom. The van der Waals surface area contributed by atoms with Crippen LogP contribution in [0.2, 0.25) is 0 Å². The number of carbonyl (C=O) groups is 1. The minimum Gasteiger partial charge on any atom is -0.341 e. The molecule has 2 N–H and O–H groups in total. The molecule has 0 saturated carbocycles. The van der Waals surface area contributed by atoms with E-state index in [1.807, 2.05) is 13.0 Å². The number of likely N-dealkylation sites (N-methyl/N-ethyl adjacent to an activating group) is 1. The summed E-state index contributed by atoms with van der Waals surface area (Å²) in [5, 5.41) is 8.32. The molecule has 0 spiro atoms. The SMILES string of the molecule is CC(CC#N)N(C)C(=O)CN. The minimum absolute atomic E-state index is 0.00622. The van der Waals surface area contributed by atoms with Gasteiger partial charge in [0.05, 0.1) is 19.0 Å². The quantitative estimate of drug-likeness (QED) is 0.608. The Balaban J connectivity index is 3.92. The van der Waals surface area contributed by atoms with Gasteiger partial charge in [-0.1, -0.05) is 0 Å². The van der Waals surface area contributed by atoms with E-state index in [4.69, 9.17) is 11.0 Å². The lowest BCUT2D eigenvalue weighted by Crippen LogP contribution is -2.38. The predicted octanol–water partition coefficient (Wildman–Crippen LogP) is -0.294. The van der Waals surface area contributed by atoms with Gasteiger partial charge in [0, 0.05) is 13.1 Å². The standard InChI is InChI=1S/C7H13N3O/c1-6(3-4-8)10(2)7(11)5-9/h6H,3,5,9H2,1-2H3. The lowest BCUT2D eigenvalue weighted by Gasteiger charge is -2.21. The third-order valence-electron chi connectivity index (χ3n) is 1.62. The summed E-state index contributed by atoms with van der Waals surface area (Å²) in [5.74, 6) is -0.132. The lowest BCUT2D eigenvalue weighted by atomic mass is 10.2. The van der Waals surface area contributed by atoms with Crippen LogP contribution in [0.3, 0.4) is 0 Å². The summed E-state index contributed by atoms with van der Waals surface area (Å²) < 4.78 is 0. The van der Waals surface area contributed by atoms with Gasteiger partial charge in [-0.15, -0.1) is 0 Å². The molecule has 4 heteroatoms. The third-order valence-corrected chi connectivity index (χ3v) is 1.62. The Morgan fingerprint density at radius 1 is 1.82 bits per heavy atom. The molecule has 0 radical (unpaired) electrons. The van der Waals surface area contributed by atoms with Gasteiger partial charge in [-0.05, 0) is 6.92 Å². The lowest BCUT2D eigenvalue weighted by molar-refractivity contribution is -0.130. The Bertz CT molecular complexity index is 173. The Labute approximate surface area is 66.6 Å². The van der Waals surface area contributed by atoms with Gasteiger partial charge in [0.15, 0.2) is 0 Å². The number of nitrogens with zero attached hydrogens (tertiary/aromatic N) is 2. The zero-order chi connectivity index (χ0) is 8.85. The summed E-state index contributed by atoms with van der Waals surface area (Å²) in [6.07, 6.45) is 0.349. The molecule has 0 aromatic carbocycles. The molecule has 1 unspecified atom stereocenters. The molecule has 11 heavy (non-hydrogen) atoms. The second-order valence-corrected chi connectivity index (χ2v) is 2.42. The van der Waals surface area contributed by atoms with E-state index in [0.717, 1.165) is 0 Å². The molecular weight excluding hydrogens is 142 g/mol. The largest absolute Gasteiger partial charge is 0.341 e. The van der Waals surface area contributed by atoms with Gasteiger partial charge in [0.2, 0.25) is 5.91 Å². The van der Waals surface area contributed by atoms with E-state index in [1.54, 1.807) is 7.05 Å². The molecule has 0 heterocycles. The van der Waals surface area contributed by atoms with Crippen molar-refractivity contribution in [2.24, 2.45) is 5.73 Å². The van der Waals surface area contributed by atoms with E-state index in [9.17, 15) is 4.79 Å². The van der Waals surface area contributed by atoms with Crippen LogP contribution in [0.1, 0.15) is 13.3 Å². The average molecular weight is 155 g/mol. The fraction of sp³-hybridized carbons (Fsp3) is 0.714. The number of carbonyl (C=O) groups excluding carboxylic acids is 1. The van der Waals surface area contributed by atoms with Crippen LogP contribution in [0.25, 0.3) is 0 Å². The molecule has 0 fully saturated rings. The fourth-order valence-corrected chi connectivity index (χ4v) is 0.659. The van der Waals surface area contributed by atoms with E-state index in [-0.39, 0.29) is 18.5 Å². The second kappa shape index (κ2) is 4.69. The van der Waals surface area contributed by atoms with Crippen molar-refractivity contribution in [2.45, 2.75) is 19.4 Å². The summed E-state index contributed by atoms with van der Waals surface area (Å²) in [6, 6.07) is 1.95. The highest BCUT2D eigenvalue weighted by Crippen LogP contribution is 1.98. The van der Waals surface area contributed by atoms with Gasteiger partial charge in [-0.25, -0.2) is 0 Å². The fourth-order valence-electron chi connectivity index (χ4n) is 0.659. The Kier molecular flexibility index (Phi) is 4.23. The Hall–Kier alpha value is -1.08. The van der Waals surface area contributed by atoms with Gasteiger partial charge in [-0.2, -0.15) is 5.26 Å². The molecule has 0 aliphatic carbocycles. The number of nitrogens with two attached hydrogens (primary N) is 1. The molecule has 4 nitrogen and oxygen atoms in total. The van der Waals surface area contributed by atoms with Gasteiger partial charge in [0.1, 0.15) is 0 Å². The molecule has 1 amide bonds. The number of rotatable bonds is 3. The average Bonchev–Trinajstić information content (AvgIpc) is 2.02. The zero-order valence-electron chi connectivity index (χ0n) is 6.87. The molecule has 0 rings (SSSR count). The smallest absolute Gasteiger partial charge is 0.236 e. The molecule has 0 bridgehead atoms. The van der Waals surface area contributed by atoms with Gasteiger partial charge in [0.25, 0.3) is 0 Å². The Morgan fingerprint density at radius 3 is 2.73 bits per heavy atom. The number of hydrogen-bond acceptors (Lipinski definition) is 3. The van der Waals surface area contributed by atoms with Crippen molar-refractivity contribution in [3.05, 3.63) is 0 Å². The number of nitriles is 1. The van der Waals surface area contributed by atoms with E-state index in [2.05, 4.69) is 0 Å². The highest BCUT2D eigenvalue weighted by molar-refractivity contribution is 5.78. The maximum atomic E-state index is 10.9. The summed E-state index contributed by atoms with van der Waals surface area (Å²) in [6.45, 7) is 1.82. The first-order valence-electron chi connectivity index (χ1n) is 3.46. The topological polar surface area (TPSA) is 70.1 Å². The normalized spacial score (nSPS) is 11.8. The summed E-state index contributed by atoms with van der Waals surface area (Å²) >= 11 is 0. The monoisotopic (exact) mass is 155 g/mol. The molecule has 1 atom stereocenters. The van der Waals surface area contributed by atoms with Crippen LogP contribution in [-0.4, -0.2) is 30.4 Å². The molecule has 0 aliphatic heterocycles. The maximum absolute atomic E-state index is 10.9. The molecule has 0 aliphatic rings. The van der Waals surface area contributed by atoms with Crippen LogP contribution in [0.15, 0.2) is 0 Å².